The molecule has 0 aliphatic carbocycles. The van der Waals surface area contributed by atoms with Gasteiger partial charge in [-0.05, 0) is 49.1 Å². The number of nitrogens with zero attached hydrogens (tertiary/aromatic N) is 2. The molecule has 1 amide bonds. The Labute approximate surface area is 165 Å². The molecule has 1 heterocycles. The molecule has 3 rings (SSSR count). The summed E-state index contributed by atoms with van der Waals surface area (Å²) in [5, 5.41) is 0.427. The van der Waals surface area contributed by atoms with Crippen molar-refractivity contribution in [3.63, 3.8) is 0 Å². The fraction of sp³-hybridized carbons (Fsp3) is 0.350. The zero-order valence-corrected chi connectivity index (χ0v) is 17.2. The molecule has 2 aromatic rings. The monoisotopic (exact) mass is 406 g/mol. The highest BCUT2D eigenvalue weighted by atomic mass is 35.5. The van der Waals surface area contributed by atoms with E-state index in [0.717, 1.165) is 23.8 Å². The minimum Gasteiger partial charge on any atom is -0.336 e. The molecule has 0 unspecified atom stereocenters. The van der Waals surface area contributed by atoms with Gasteiger partial charge >= 0.3 is 0 Å². The summed E-state index contributed by atoms with van der Waals surface area (Å²) in [6, 6.07) is 12.2. The first-order chi connectivity index (χ1) is 12.7. The Balaban J connectivity index is 1.92. The number of hydrogen-bond acceptors (Lipinski definition) is 3. The molecule has 0 fully saturated rings. The molecule has 0 spiro atoms. The van der Waals surface area contributed by atoms with E-state index in [1.807, 2.05) is 18.2 Å². The summed E-state index contributed by atoms with van der Waals surface area (Å²) in [5.41, 5.74) is 3.52. The van der Waals surface area contributed by atoms with Gasteiger partial charge in [-0.1, -0.05) is 41.9 Å². The summed E-state index contributed by atoms with van der Waals surface area (Å²) < 4.78 is 26.2. The van der Waals surface area contributed by atoms with Crippen molar-refractivity contribution in [2.75, 3.05) is 17.1 Å². The zero-order valence-electron chi connectivity index (χ0n) is 15.6. The molecule has 1 aliphatic heterocycles. The Kier molecular flexibility index (Phi) is 5.49. The SMILES string of the molecule is Cc1ccc(Cl)cc1N([C@@H](C)C(=O)N1CCc2ccccc2C1)S(C)(=O)=O. The van der Waals surface area contributed by atoms with Crippen LogP contribution in [-0.4, -0.2) is 38.1 Å². The van der Waals surface area contributed by atoms with Gasteiger partial charge in [0.15, 0.2) is 0 Å². The Bertz CT molecular complexity index is 975. The lowest BCUT2D eigenvalue weighted by Crippen LogP contribution is -2.50. The molecule has 0 saturated carbocycles. The highest BCUT2D eigenvalue weighted by Crippen LogP contribution is 2.29. The van der Waals surface area contributed by atoms with E-state index in [2.05, 4.69) is 6.07 Å². The van der Waals surface area contributed by atoms with Crippen LogP contribution in [0.3, 0.4) is 0 Å². The molecule has 144 valence electrons. The van der Waals surface area contributed by atoms with Crippen molar-refractivity contribution in [2.45, 2.75) is 32.9 Å². The predicted octanol–water partition coefficient (Wildman–Crippen LogP) is 3.39. The van der Waals surface area contributed by atoms with Crippen LogP contribution < -0.4 is 4.31 Å². The number of carbonyl (C=O) groups excluding carboxylic acids is 1. The standard InChI is InChI=1S/C20H23ClN2O3S/c1-14-8-9-18(21)12-19(14)23(27(3,25)26)15(2)20(24)22-11-10-16-6-4-5-7-17(16)13-22/h4-9,12,15H,10-11,13H2,1-3H3/t15-/m0/s1. The molecule has 0 N–H and O–H groups in total. The predicted molar refractivity (Wildman–Crippen MR) is 109 cm³/mol. The molecule has 7 heteroatoms. The fourth-order valence-corrected chi connectivity index (χ4v) is 4.93. The number of hydrogen-bond donors (Lipinski definition) is 0. The topological polar surface area (TPSA) is 57.7 Å². The van der Waals surface area contributed by atoms with E-state index in [9.17, 15) is 13.2 Å². The van der Waals surface area contributed by atoms with Gasteiger partial charge < -0.3 is 4.90 Å². The largest absolute Gasteiger partial charge is 0.336 e. The van der Waals surface area contributed by atoms with E-state index in [-0.39, 0.29) is 5.91 Å². The van der Waals surface area contributed by atoms with Crippen molar-refractivity contribution in [1.29, 1.82) is 0 Å². The number of carbonyl (C=O) groups is 1. The van der Waals surface area contributed by atoms with Crippen molar-refractivity contribution < 1.29 is 13.2 Å². The summed E-state index contributed by atoms with van der Waals surface area (Å²) in [4.78, 5) is 14.9. The van der Waals surface area contributed by atoms with E-state index >= 15 is 0 Å². The molecule has 0 aromatic heterocycles. The van der Waals surface area contributed by atoms with Gasteiger partial charge in [0.1, 0.15) is 6.04 Å². The van der Waals surface area contributed by atoms with Gasteiger partial charge in [0.25, 0.3) is 0 Å². The summed E-state index contributed by atoms with van der Waals surface area (Å²) >= 11 is 6.08. The number of aryl methyl sites for hydroxylation is 1. The number of rotatable bonds is 4. The highest BCUT2D eigenvalue weighted by molar-refractivity contribution is 7.92. The number of fused-ring (bicyclic) bond motifs is 1. The van der Waals surface area contributed by atoms with Crippen LogP contribution in [0, 0.1) is 6.92 Å². The van der Waals surface area contributed by atoms with Crippen LogP contribution in [0.2, 0.25) is 5.02 Å². The number of benzene rings is 2. The van der Waals surface area contributed by atoms with Crippen LogP contribution in [0.1, 0.15) is 23.6 Å². The van der Waals surface area contributed by atoms with E-state index in [0.29, 0.717) is 23.8 Å². The van der Waals surface area contributed by atoms with E-state index in [4.69, 9.17) is 11.6 Å². The van der Waals surface area contributed by atoms with Gasteiger partial charge in [0, 0.05) is 18.1 Å². The lowest BCUT2D eigenvalue weighted by molar-refractivity contribution is -0.132. The van der Waals surface area contributed by atoms with Gasteiger partial charge in [-0.2, -0.15) is 0 Å². The second-order valence-corrected chi connectivity index (χ2v) is 9.24. The second-order valence-electron chi connectivity index (χ2n) is 6.94. The maximum atomic E-state index is 13.2. The summed E-state index contributed by atoms with van der Waals surface area (Å²) in [7, 11) is -3.67. The summed E-state index contributed by atoms with van der Waals surface area (Å²) in [6.07, 6.45) is 1.88. The van der Waals surface area contributed by atoms with Crippen molar-refractivity contribution in [3.05, 3.63) is 64.2 Å². The second kappa shape index (κ2) is 7.52. The third kappa shape index (κ3) is 4.12. The fourth-order valence-electron chi connectivity index (χ4n) is 3.54. The maximum absolute atomic E-state index is 13.2. The molecule has 1 aliphatic rings. The van der Waals surface area contributed by atoms with Crippen LogP contribution in [0.4, 0.5) is 5.69 Å². The molecule has 0 saturated heterocycles. The van der Waals surface area contributed by atoms with Crippen molar-refractivity contribution in [2.24, 2.45) is 0 Å². The van der Waals surface area contributed by atoms with Crippen molar-refractivity contribution in [1.82, 2.24) is 4.90 Å². The van der Waals surface area contributed by atoms with Gasteiger partial charge in [-0.25, -0.2) is 8.42 Å². The molecular weight excluding hydrogens is 384 g/mol. The average Bonchev–Trinajstić information content (AvgIpc) is 2.62. The Morgan fingerprint density at radius 3 is 2.52 bits per heavy atom. The van der Waals surface area contributed by atoms with Crippen LogP contribution in [0.25, 0.3) is 0 Å². The van der Waals surface area contributed by atoms with Gasteiger partial charge in [-0.15, -0.1) is 0 Å². The third-order valence-corrected chi connectivity index (χ3v) is 6.38. The number of anilines is 1. The zero-order chi connectivity index (χ0) is 19.8. The number of amides is 1. The highest BCUT2D eigenvalue weighted by Gasteiger charge is 2.34. The lowest BCUT2D eigenvalue weighted by atomic mass is 9.99. The van der Waals surface area contributed by atoms with E-state index in [1.54, 1.807) is 36.9 Å². The molecule has 5 nitrogen and oxygen atoms in total. The van der Waals surface area contributed by atoms with Crippen LogP contribution in [0.5, 0.6) is 0 Å². The molecule has 0 bridgehead atoms. The quantitative estimate of drug-likeness (QED) is 0.782. The van der Waals surface area contributed by atoms with Crippen LogP contribution in [0.15, 0.2) is 42.5 Å². The molecular formula is C20H23ClN2O3S. The lowest BCUT2D eigenvalue weighted by Gasteiger charge is -2.35. The molecule has 2 aromatic carbocycles. The van der Waals surface area contributed by atoms with Gasteiger partial charge in [0.2, 0.25) is 15.9 Å². The Morgan fingerprint density at radius 1 is 1.19 bits per heavy atom. The smallest absolute Gasteiger partial charge is 0.246 e. The first kappa shape index (κ1) is 19.7. The van der Waals surface area contributed by atoms with Gasteiger partial charge in [-0.3, -0.25) is 9.10 Å². The van der Waals surface area contributed by atoms with Crippen LogP contribution in [-0.2, 0) is 27.8 Å². The maximum Gasteiger partial charge on any atom is 0.246 e. The first-order valence-corrected chi connectivity index (χ1v) is 11.0. The molecule has 27 heavy (non-hydrogen) atoms. The average molecular weight is 407 g/mol. The first-order valence-electron chi connectivity index (χ1n) is 8.79. The normalized spacial score (nSPS) is 15.2. The molecule has 1 atom stereocenters. The van der Waals surface area contributed by atoms with E-state index < -0.39 is 16.1 Å². The third-order valence-electron chi connectivity index (χ3n) is 4.92. The van der Waals surface area contributed by atoms with Crippen LogP contribution >= 0.6 is 11.6 Å². The minimum atomic E-state index is -3.67. The van der Waals surface area contributed by atoms with Crippen molar-refractivity contribution >= 4 is 33.2 Å². The van der Waals surface area contributed by atoms with E-state index in [1.165, 1.54) is 9.87 Å². The number of halogens is 1. The molecule has 0 radical (unpaired) electrons. The minimum absolute atomic E-state index is 0.214. The van der Waals surface area contributed by atoms with Gasteiger partial charge in [0.05, 0.1) is 11.9 Å². The number of sulfonamides is 1. The van der Waals surface area contributed by atoms with Crippen molar-refractivity contribution in [3.8, 4) is 0 Å². The Morgan fingerprint density at radius 2 is 1.85 bits per heavy atom. The Hall–Kier alpha value is -2.05. The summed E-state index contributed by atoms with van der Waals surface area (Å²) in [6.45, 7) is 4.50. The summed E-state index contributed by atoms with van der Waals surface area (Å²) in [5.74, 6) is -0.214.